The molecule has 0 saturated heterocycles. The number of nitrogens with one attached hydrogen (secondary N) is 1. The van der Waals surface area contributed by atoms with E-state index in [1.807, 2.05) is 6.92 Å². The molecule has 2 rings (SSSR count). The van der Waals surface area contributed by atoms with Gasteiger partial charge < -0.3 is 20.1 Å². The molecule has 0 aliphatic heterocycles. The highest BCUT2D eigenvalue weighted by Gasteiger charge is 2.31. The van der Waals surface area contributed by atoms with E-state index in [4.69, 9.17) is 0 Å². The number of pyridine rings is 1. The van der Waals surface area contributed by atoms with Crippen LogP contribution < -0.4 is 15.0 Å². The molecule has 9 heteroatoms. The van der Waals surface area contributed by atoms with Crippen molar-refractivity contribution in [1.82, 2.24) is 10.3 Å². The highest BCUT2D eigenvalue weighted by Crippen LogP contribution is 2.35. The lowest BCUT2D eigenvalue weighted by atomic mass is 9.97. The summed E-state index contributed by atoms with van der Waals surface area (Å²) < 4.78 is 41.4. The van der Waals surface area contributed by atoms with Gasteiger partial charge in [-0.25, -0.2) is 0 Å². The lowest BCUT2D eigenvalue weighted by Gasteiger charge is -2.24. The van der Waals surface area contributed by atoms with Crippen LogP contribution in [0.4, 0.5) is 18.9 Å². The maximum absolute atomic E-state index is 12.5. The van der Waals surface area contributed by atoms with Gasteiger partial charge in [-0.3, -0.25) is 9.78 Å². The van der Waals surface area contributed by atoms with E-state index >= 15 is 0 Å². The van der Waals surface area contributed by atoms with Crippen LogP contribution in [-0.4, -0.2) is 36.0 Å². The number of hydrogen-bond acceptors (Lipinski definition) is 5. The highest BCUT2D eigenvalue weighted by molar-refractivity contribution is 5.86. The van der Waals surface area contributed by atoms with Crippen molar-refractivity contribution >= 4 is 11.6 Å². The van der Waals surface area contributed by atoms with Crippen molar-refractivity contribution in [1.29, 1.82) is 0 Å². The van der Waals surface area contributed by atoms with Gasteiger partial charge in [-0.2, -0.15) is 0 Å². The Labute approximate surface area is 184 Å². The van der Waals surface area contributed by atoms with Gasteiger partial charge in [0.1, 0.15) is 5.75 Å². The number of aromatic nitrogens is 1. The number of benzene rings is 1. The first-order valence-electron chi connectivity index (χ1n) is 9.67. The number of anilines is 1. The summed E-state index contributed by atoms with van der Waals surface area (Å²) in [4.78, 5) is 18.1. The van der Waals surface area contributed by atoms with Gasteiger partial charge in [0.2, 0.25) is 5.91 Å². The lowest BCUT2D eigenvalue weighted by Crippen LogP contribution is -2.24. The SMILES string of the molecule is C=CC(=O)NCc1nc(-c2ccc(OC(F)(F)F)cc2)c(C)c(N(C)C#CC)c1CCO. The van der Waals surface area contributed by atoms with E-state index in [-0.39, 0.29) is 31.2 Å². The average molecular weight is 447 g/mol. The lowest BCUT2D eigenvalue weighted by molar-refractivity contribution is -0.274. The van der Waals surface area contributed by atoms with Crippen molar-refractivity contribution in [3.05, 3.63) is 53.7 Å². The van der Waals surface area contributed by atoms with Gasteiger partial charge in [0.25, 0.3) is 0 Å². The topological polar surface area (TPSA) is 74.7 Å². The number of alkyl halides is 3. The fourth-order valence-corrected chi connectivity index (χ4v) is 3.30. The molecular weight excluding hydrogens is 423 g/mol. The van der Waals surface area contributed by atoms with Crippen molar-refractivity contribution in [2.24, 2.45) is 0 Å². The third-order valence-corrected chi connectivity index (χ3v) is 4.54. The van der Waals surface area contributed by atoms with Gasteiger partial charge in [-0.05, 0) is 56.2 Å². The Hall–Kier alpha value is -3.51. The van der Waals surface area contributed by atoms with Crippen LogP contribution >= 0.6 is 0 Å². The average Bonchev–Trinajstić information content (AvgIpc) is 2.73. The quantitative estimate of drug-likeness (QED) is 0.367. The first-order valence-corrected chi connectivity index (χ1v) is 9.67. The summed E-state index contributed by atoms with van der Waals surface area (Å²) in [6.07, 6.45) is -3.38. The third kappa shape index (κ3) is 6.25. The third-order valence-electron chi connectivity index (χ3n) is 4.54. The molecule has 0 bridgehead atoms. The summed E-state index contributed by atoms with van der Waals surface area (Å²) in [5.41, 5.74) is 3.71. The summed E-state index contributed by atoms with van der Waals surface area (Å²) in [6, 6.07) is 8.31. The zero-order valence-electron chi connectivity index (χ0n) is 18.0. The highest BCUT2D eigenvalue weighted by atomic mass is 19.4. The first kappa shape index (κ1) is 24.8. The minimum atomic E-state index is -4.78. The number of amides is 1. The number of aliphatic hydroxyl groups is 1. The molecule has 2 N–H and O–H groups in total. The van der Waals surface area contributed by atoms with E-state index in [0.717, 1.165) is 11.6 Å². The second-order valence-corrected chi connectivity index (χ2v) is 6.75. The van der Waals surface area contributed by atoms with E-state index in [1.165, 1.54) is 24.3 Å². The van der Waals surface area contributed by atoms with Gasteiger partial charge in [0.15, 0.2) is 0 Å². The predicted molar refractivity (Wildman–Crippen MR) is 116 cm³/mol. The minimum absolute atomic E-state index is 0.0725. The first-order chi connectivity index (χ1) is 15.1. The largest absolute Gasteiger partial charge is 0.573 e. The Morgan fingerprint density at radius 2 is 2.00 bits per heavy atom. The molecule has 0 aliphatic carbocycles. The van der Waals surface area contributed by atoms with Crippen LogP contribution in [0.1, 0.15) is 23.7 Å². The van der Waals surface area contributed by atoms with E-state index in [0.29, 0.717) is 28.2 Å². The molecular formula is C23H24F3N3O3. The molecule has 6 nitrogen and oxygen atoms in total. The van der Waals surface area contributed by atoms with Crippen LogP contribution in [0.25, 0.3) is 11.3 Å². The van der Waals surface area contributed by atoms with Crippen LogP contribution in [0.5, 0.6) is 5.75 Å². The van der Waals surface area contributed by atoms with Crippen LogP contribution in [0.2, 0.25) is 0 Å². The number of aliphatic hydroxyl groups excluding tert-OH is 1. The molecule has 1 heterocycles. The molecule has 0 saturated carbocycles. The Bertz CT molecular complexity index is 1040. The second kappa shape index (κ2) is 10.7. The zero-order chi connectivity index (χ0) is 23.9. The Balaban J connectivity index is 2.65. The monoisotopic (exact) mass is 447 g/mol. The number of nitrogens with zero attached hydrogens (tertiary/aromatic N) is 2. The summed E-state index contributed by atoms with van der Waals surface area (Å²) in [5, 5.41) is 12.3. The summed E-state index contributed by atoms with van der Waals surface area (Å²) in [5.74, 6) is 2.08. The Kier molecular flexibility index (Phi) is 8.27. The maximum Gasteiger partial charge on any atom is 0.573 e. The summed E-state index contributed by atoms with van der Waals surface area (Å²) in [6.45, 7) is 6.85. The van der Waals surface area contributed by atoms with E-state index in [9.17, 15) is 23.1 Å². The minimum Gasteiger partial charge on any atom is -0.406 e. The molecule has 2 aromatic rings. The Morgan fingerprint density at radius 3 is 2.53 bits per heavy atom. The van der Waals surface area contributed by atoms with Crippen LogP contribution in [0, 0.1) is 18.9 Å². The second-order valence-electron chi connectivity index (χ2n) is 6.75. The zero-order valence-corrected chi connectivity index (χ0v) is 18.0. The molecule has 0 aliphatic rings. The van der Waals surface area contributed by atoms with Crippen molar-refractivity contribution in [3.63, 3.8) is 0 Å². The van der Waals surface area contributed by atoms with Crippen LogP contribution in [0.3, 0.4) is 0 Å². The molecule has 0 unspecified atom stereocenters. The van der Waals surface area contributed by atoms with Gasteiger partial charge >= 0.3 is 6.36 Å². The van der Waals surface area contributed by atoms with Gasteiger partial charge in [-0.1, -0.05) is 12.5 Å². The maximum atomic E-state index is 12.5. The number of ether oxygens (including phenoxy) is 1. The number of hydrogen-bond donors (Lipinski definition) is 2. The number of rotatable bonds is 8. The van der Waals surface area contributed by atoms with E-state index in [1.54, 1.807) is 18.9 Å². The standard InChI is InChI=1S/C23H24F3N3O3/c1-5-12-29(4)22-15(3)21(16-7-9-17(10-8-16)32-23(24,25)26)28-19(18(22)11-13-30)14-27-20(31)6-2/h6-10,30H,2,11,13-14H2,1,3-4H3,(H,27,31). The van der Waals surface area contributed by atoms with E-state index in [2.05, 4.69) is 33.6 Å². The van der Waals surface area contributed by atoms with Crippen molar-refractivity contribution < 1.29 is 27.8 Å². The molecule has 0 fully saturated rings. The molecule has 170 valence electrons. The fourth-order valence-electron chi connectivity index (χ4n) is 3.30. The number of carbonyl (C=O) groups is 1. The molecule has 1 aromatic heterocycles. The number of halogens is 3. The van der Waals surface area contributed by atoms with Gasteiger partial charge in [0.05, 0.1) is 23.6 Å². The van der Waals surface area contributed by atoms with Crippen molar-refractivity contribution in [3.8, 4) is 29.0 Å². The normalized spacial score (nSPS) is 10.7. The smallest absolute Gasteiger partial charge is 0.406 e. The predicted octanol–water partition coefficient (Wildman–Crippen LogP) is 3.71. The van der Waals surface area contributed by atoms with Crippen LogP contribution in [0.15, 0.2) is 36.9 Å². The van der Waals surface area contributed by atoms with Gasteiger partial charge in [0, 0.05) is 30.8 Å². The van der Waals surface area contributed by atoms with E-state index < -0.39 is 6.36 Å². The molecule has 32 heavy (non-hydrogen) atoms. The van der Waals surface area contributed by atoms with Crippen molar-refractivity contribution in [2.45, 2.75) is 33.2 Å². The fraction of sp³-hybridized carbons (Fsp3) is 0.304. The molecule has 0 radical (unpaired) electrons. The molecule has 1 amide bonds. The van der Waals surface area contributed by atoms with Gasteiger partial charge in [-0.15, -0.1) is 13.2 Å². The number of carbonyl (C=O) groups excluding carboxylic acids is 1. The molecule has 0 spiro atoms. The molecule has 0 atom stereocenters. The van der Waals surface area contributed by atoms with Crippen molar-refractivity contribution in [2.75, 3.05) is 18.6 Å². The van der Waals surface area contributed by atoms with Crippen LogP contribution in [-0.2, 0) is 17.8 Å². The summed E-state index contributed by atoms with van der Waals surface area (Å²) in [7, 11) is 1.76. The molecule has 1 aromatic carbocycles. The summed E-state index contributed by atoms with van der Waals surface area (Å²) >= 11 is 0. The Morgan fingerprint density at radius 1 is 1.34 bits per heavy atom.